The van der Waals surface area contributed by atoms with Crippen LogP contribution in [-0.4, -0.2) is 15.0 Å². The van der Waals surface area contributed by atoms with Crippen molar-refractivity contribution in [2.45, 2.75) is 0 Å². The largest absolute Gasteiger partial charge is 0.208 e. The smallest absolute Gasteiger partial charge is 0.164 e. The van der Waals surface area contributed by atoms with E-state index in [0.717, 1.165) is 27.8 Å². The van der Waals surface area contributed by atoms with Crippen LogP contribution in [0.25, 0.3) is 87.7 Å². The molecule has 0 radical (unpaired) electrons. The highest BCUT2D eigenvalue weighted by atomic mass is 32.1. The van der Waals surface area contributed by atoms with E-state index in [1.807, 2.05) is 53.8 Å². The summed E-state index contributed by atoms with van der Waals surface area (Å²) >= 11 is 1.85. The lowest BCUT2D eigenvalue weighted by Crippen LogP contribution is -2.00. The molecule has 0 N–H and O–H groups in total. The Morgan fingerprint density at radius 1 is 0.373 bits per heavy atom. The molecule has 9 rings (SSSR count). The lowest BCUT2D eigenvalue weighted by atomic mass is 9.94. The van der Waals surface area contributed by atoms with Gasteiger partial charge >= 0.3 is 0 Å². The summed E-state index contributed by atoms with van der Waals surface area (Å²) in [4.78, 5) is 14.9. The maximum atomic E-state index is 9.37. The molecule has 0 saturated heterocycles. The average Bonchev–Trinajstić information content (AvgIpc) is 3.60. The highest BCUT2D eigenvalue weighted by molar-refractivity contribution is 7.26. The summed E-state index contributed by atoms with van der Waals surface area (Å²) in [5.41, 5.74) is 10.3. The Morgan fingerprint density at radius 2 is 0.902 bits per heavy atom. The minimum Gasteiger partial charge on any atom is -0.208 e. The van der Waals surface area contributed by atoms with Gasteiger partial charge in [0.15, 0.2) is 17.5 Å². The molecule has 0 aliphatic rings. The lowest BCUT2D eigenvalue weighted by molar-refractivity contribution is 1.07. The van der Waals surface area contributed by atoms with Crippen LogP contribution in [0.15, 0.2) is 170 Å². The Morgan fingerprint density at radius 3 is 1.57 bits per heavy atom. The molecule has 0 fully saturated rings. The van der Waals surface area contributed by atoms with Gasteiger partial charge in [-0.3, -0.25) is 0 Å². The molecule has 2 heterocycles. The molecule has 51 heavy (non-hydrogen) atoms. The van der Waals surface area contributed by atoms with E-state index in [2.05, 4.69) is 121 Å². The number of nitriles is 1. The molecule has 7 aromatic carbocycles. The Bertz CT molecular complexity index is 2730. The second-order valence-electron chi connectivity index (χ2n) is 12.4. The Balaban J connectivity index is 1.25. The quantitative estimate of drug-likeness (QED) is 0.177. The van der Waals surface area contributed by atoms with Crippen molar-refractivity contribution in [1.29, 1.82) is 5.26 Å². The van der Waals surface area contributed by atoms with Gasteiger partial charge < -0.3 is 0 Å². The van der Waals surface area contributed by atoms with Gasteiger partial charge in [-0.25, -0.2) is 15.0 Å². The zero-order valence-electron chi connectivity index (χ0n) is 27.4. The molecule has 2 aromatic heterocycles. The fourth-order valence-electron chi connectivity index (χ4n) is 6.63. The number of thiophene rings is 1. The van der Waals surface area contributed by atoms with Crippen LogP contribution in [-0.2, 0) is 0 Å². The van der Waals surface area contributed by atoms with Gasteiger partial charge in [0, 0.05) is 42.4 Å². The number of hydrogen-bond acceptors (Lipinski definition) is 5. The van der Waals surface area contributed by atoms with Crippen LogP contribution in [0.1, 0.15) is 5.56 Å². The molecule has 0 aliphatic carbocycles. The first-order valence-electron chi connectivity index (χ1n) is 16.7. The number of benzene rings is 7. The van der Waals surface area contributed by atoms with E-state index in [9.17, 15) is 5.26 Å². The van der Waals surface area contributed by atoms with Crippen LogP contribution in [0.4, 0.5) is 0 Å². The van der Waals surface area contributed by atoms with Crippen LogP contribution < -0.4 is 0 Å². The van der Waals surface area contributed by atoms with Crippen molar-refractivity contribution in [2.24, 2.45) is 0 Å². The second-order valence-corrected chi connectivity index (χ2v) is 13.4. The number of aromatic nitrogens is 3. The summed E-state index contributed by atoms with van der Waals surface area (Å²) < 4.78 is 2.52. The highest BCUT2D eigenvalue weighted by Gasteiger charge is 2.18. The third-order valence-corrected chi connectivity index (χ3v) is 10.4. The third kappa shape index (κ3) is 5.74. The van der Waals surface area contributed by atoms with Crippen LogP contribution in [0.5, 0.6) is 0 Å². The van der Waals surface area contributed by atoms with Gasteiger partial charge in [-0.05, 0) is 70.3 Å². The highest BCUT2D eigenvalue weighted by Crippen LogP contribution is 2.46. The van der Waals surface area contributed by atoms with Crippen molar-refractivity contribution >= 4 is 31.5 Å². The van der Waals surface area contributed by atoms with Crippen LogP contribution >= 0.6 is 11.3 Å². The van der Waals surface area contributed by atoms with Gasteiger partial charge in [0.05, 0.1) is 11.6 Å². The molecule has 0 unspecified atom stereocenters. The first-order valence-corrected chi connectivity index (χ1v) is 17.6. The predicted molar refractivity (Wildman–Crippen MR) is 210 cm³/mol. The Labute approximate surface area is 299 Å². The summed E-state index contributed by atoms with van der Waals surface area (Å²) in [6, 6.07) is 60.6. The van der Waals surface area contributed by atoms with Crippen molar-refractivity contribution in [1.82, 2.24) is 15.0 Å². The molecule has 0 amide bonds. The number of nitrogens with zero attached hydrogens (tertiary/aromatic N) is 4. The topological polar surface area (TPSA) is 62.5 Å². The van der Waals surface area contributed by atoms with Crippen molar-refractivity contribution < 1.29 is 0 Å². The third-order valence-electron chi connectivity index (χ3n) is 9.16. The average molecular weight is 669 g/mol. The zero-order valence-corrected chi connectivity index (χ0v) is 28.2. The molecule has 9 aromatic rings. The zero-order chi connectivity index (χ0) is 34.1. The first-order chi connectivity index (χ1) is 25.2. The van der Waals surface area contributed by atoms with E-state index in [0.29, 0.717) is 23.0 Å². The molecular formula is C46H28N4S. The van der Waals surface area contributed by atoms with E-state index in [-0.39, 0.29) is 0 Å². The molecule has 0 saturated carbocycles. The van der Waals surface area contributed by atoms with E-state index < -0.39 is 0 Å². The van der Waals surface area contributed by atoms with Crippen LogP contribution in [0.2, 0.25) is 0 Å². The van der Waals surface area contributed by atoms with Gasteiger partial charge in [-0.15, -0.1) is 11.3 Å². The molecule has 0 bridgehead atoms. The number of fused-ring (bicyclic) bond motifs is 3. The standard InChI is InChI=1S/C46H28N4S/c47-29-30-22-24-34(25-23-30)45-48-44(33-16-8-3-9-17-33)49-46(50-45)36-19-10-18-35(26-36)40-27-37(31-12-4-1-5-13-31)28-41-39-21-11-20-38(42(39)51-43(40)41)32-14-6-2-7-15-32/h1-28H. The predicted octanol–water partition coefficient (Wildman–Crippen LogP) is 12.1. The summed E-state index contributed by atoms with van der Waals surface area (Å²) in [5, 5.41) is 11.9. The molecule has 238 valence electrons. The fourth-order valence-corrected chi connectivity index (χ4v) is 7.98. The van der Waals surface area contributed by atoms with E-state index in [1.165, 1.54) is 42.4 Å². The SMILES string of the molecule is N#Cc1ccc(-c2nc(-c3ccccc3)nc(-c3cccc(-c4cc(-c5ccccc5)cc5c4sc4c(-c6ccccc6)cccc45)c3)n2)cc1. The van der Waals surface area contributed by atoms with Gasteiger partial charge in [0.1, 0.15) is 0 Å². The van der Waals surface area contributed by atoms with Gasteiger partial charge in [-0.1, -0.05) is 127 Å². The second kappa shape index (κ2) is 12.9. The van der Waals surface area contributed by atoms with Crippen molar-refractivity contribution in [3.63, 3.8) is 0 Å². The van der Waals surface area contributed by atoms with Crippen molar-refractivity contribution in [3.8, 4) is 73.6 Å². The summed E-state index contributed by atoms with van der Waals surface area (Å²) in [6.07, 6.45) is 0. The fraction of sp³-hybridized carbons (Fsp3) is 0. The first kappa shape index (κ1) is 30.3. The summed E-state index contributed by atoms with van der Waals surface area (Å²) in [6.45, 7) is 0. The maximum absolute atomic E-state index is 9.37. The molecule has 5 heteroatoms. The van der Waals surface area contributed by atoms with Crippen molar-refractivity contribution in [2.75, 3.05) is 0 Å². The van der Waals surface area contributed by atoms with E-state index in [1.54, 1.807) is 12.1 Å². The van der Waals surface area contributed by atoms with E-state index in [4.69, 9.17) is 15.0 Å². The molecular weight excluding hydrogens is 641 g/mol. The number of hydrogen-bond donors (Lipinski definition) is 0. The Kier molecular flexibility index (Phi) is 7.70. The minimum absolute atomic E-state index is 0.556. The minimum atomic E-state index is 0.556. The molecule has 0 atom stereocenters. The molecule has 0 spiro atoms. The summed E-state index contributed by atoms with van der Waals surface area (Å²) in [5.74, 6) is 1.74. The monoisotopic (exact) mass is 668 g/mol. The normalized spacial score (nSPS) is 11.1. The van der Waals surface area contributed by atoms with Gasteiger partial charge in [0.25, 0.3) is 0 Å². The summed E-state index contributed by atoms with van der Waals surface area (Å²) in [7, 11) is 0. The maximum Gasteiger partial charge on any atom is 0.164 e. The van der Waals surface area contributed by atoms with Crippen molar-refractivity contribution in [3.05, 3.63) is 175 Å². The van der Waals surface area contributed by atoms with Gasteiger partial charge in [-0.2, -0.15) is 5.26 Å². The van der Waals surface area contributed by atoms with Crippen LogP contribution in [0.3, 0.4) is 0 Å². The molecule has 4 nitrogen and oxygen atoms in total. The lowest BCUT2D eigenvalue weighted by Gasteiger charge is -2.11. The van der Waals surface area contributed by atoms with Gasteiger partial charge in [0.2, 0.25) is 0 Å². The Hall–Kier alpha value is -6.74. The number of rotatable bonds is 6. The van der Waals surface area contributed by atoms with E-state index >= 15 is 0 Å². The van der Waals surface area contributed by atoms with Crippen LogP contribution in [0, 0.1) is 11.3 Å². The molecule has 0 aliphatic heterocycles.